The second-order valence-corrected chi connectivity index (χ2v) is 6.59. The van der Waals surface area contributed by atoms with Crippen LogP contribution in [0.3, 0.4) is 0 Å². The zero-order chi connectivity index (χ0) is 17.7. The van der Waals surface area contributed by atoms with E-state index < -0.39 is 0 Å². The highest BCUT2D eigenvalue weighted by molar-refractivity contribution is 5.91. The molecule has 0 spiro atoms. The first-order valence-corrected chi connectivity index (χ1v) is 8.84. The van der Waals surface area contributed by atoms with Gasteiger partial charge in [0.05, 0.1) is 0 Å². The van der Waals surface area contributed by atoms with Crippen molar-refractivity contribution in [3.63, 3.8) is 0 Å². The highest BCUT2D eigenvalue weighted by Gasteiger charge is 2.26. The number of hydrogen-bond acceptors (Lipinski definition) is 2. The first-order valence-electron chi connectivity index (χ1n) is 8.84. The fourth-order valence-electron chi connectivity index (χ4n) is 3.34. The molecule has 1 aromatic rings. The van der Waals surface area contributed by atoms with Gasteiger partial charge in [0.25, 0.3) is 0 Å². The van der Waals surface area contributed by atoms with Gasteiger partial charge >= 0.3 is 6.03 Å². The SMILES string of the molecule is CCc1cccc(CC)c1NC(=O)N(C)C[C@H]1CCN(C(C)=O)C1. The lowest BCUT2D eigenvalue weighted by Crippen LogP contribution is -2.37. The number of nitrogens with zero attached hydrogens (tertiary/aromatic N) is 2. The van der Waals surface area contributed by atoms with Crippen molar-refractivity contribution < 1.29 is 9.59 Å². The fraction of sp³-hybridized carbons (Fsp3) is 0.579. The van der Waals surface area contributed by atoms with Gasteiger partial charge in [-0.1, -0.05) is 32.0 Å². The number of amides is 3. The number of hydrogen-bond donors (Lipinski definition) is 1. The molecule has 5 heteroatoms. The molecule has 0 saturated carbocycles. The van der Waals surface area contributed by atoms with E-state index in [4.69, 9.17) is 0 Å². The lowest BCUT2D eigenvalue weighted by atomic mass is 10.0. The molecule has 1 saturated heterocycles. The average molecular weight is 331 g/mol. The van der Waals surface area contributed by atoms with Crippen molar-refractivity contribution in [1.29, 1.82) is 0 Å². The summed E-state index contributed by atoms with van der Waals surface area (Å²) in [5.41, 5.74) is 3.29. The highest BCUT2D eigenvalue weighted by atomic mass is 16.2. The van der Waals surface area contributed by atoms with E-state index in [9.17, 15) is 9.59 Å². The van der Waals surface area contributed by atoms with E-state index in [2.05, 4.69) is 31.3 Å². The number of urea groups is 1. The van der Waals surface area contributed by atoms with Crippen molar-refractivity contribution >= 4 is 17.6 Å². The van der Waals surface area contributed by atoms with Crippen LogP contribution in [0, 0.1) is 5.92 Å². The zero-order valence-corrected chi connectivity index (χ0v) is 15.3. The number of rotatable bonds is 5. The Hall–Kier alpha value is -2.04. The van der Waals surface area contributed by atoms with Crippen molar-refractivity contribution in [2.75, 3.05) is 32.0 Å². The summed E-state index contributed by atoms with van der Waals surface area (Å²) in [5.74, 6) is 0.478. The summed E-state index contributed by atoms with van der Waals surface area (Å²) in [6.45, 7) is 8.02. The molecule has 0 unspecified atom stereocenters. The largest absolute Gasteiger partial charge is 0.343 e. The number of likely N-dealkylation sites (tertiary alicyclic amines) is 1. The van der Waals surface area contributed by atoms with Gasteiger partial charge < -0.3 is 15.1 Å². The standard InChI is InChI=1S/C19H29N3O2/c1-5-16-8-7-9-17(6-2)18(16)20-19(24)21(4)12-15-10-11-22(13-15)14(3)23/h7-9,15H,5-6,10-13H2,1-4H3,(H,20,24)/t15-/m1/s1. The van der Waals surface area contributed by atoms with Gasteiger partial charge in [-0.3, -0.25) is 4.79 Å². The maximum absolute atomic E-state index is 12.6. The van der Waals surface area contributed by atoms with Gasteiger partial charge in [0.15, 0.2) is 0 Å². The van der Waals surface area contributed by atoms with Gasteiger partial charge in [-0.05, 0) is 36.3 Å². The Balaban J connectivity index is 1.99. The molecule has 1 atom stereocenters. The van der Waals surface area contributed by atoms with Crippen LogP contribution in [0.15, 0.2) is 18.2 Å². The summed E-state index contributed by atoms with van der Waals surface area (Å²) in [6.07, 6.45) is 2.75. The summed E-state index contributed by atoms with van der Waals surface area (Å²) in [4.78, 5) is 27.6. The number of benzene rings is 1. The maximum atomic E-state index is 12.6. The third kappa shape index (κ3) is 4.28. The van der Waals surface area contributed by atoms with Gasteiger partial charge in [0.2, 0.25) is 5.91 Å². The van der Waals surface area contributed by atoms with Crippen LogP contribution in [-0.4, -0.2) is 48.4 Å². The molecule has 24 heavy (non-hydrogen) atoms. The van der Waals surface area contributed by atoms with Gasteiger partial charge in [-0.15, -0.1) is 0 Å². The predicted octanol–water partition coefficient (Wildman–Crippen LogP) is 3.14. The van der Waals surface area contributed by atoms with Crippen LogP contribution in [0.5, 0.6) is 0 Å². The number of carbonyl (C=O) groups excluding carboxylic acids is 2. The molecule has 0 aliphatic carbocycles. The summed E-state index contributed by atoms with van der Waals surface area (Å²) in [7, 11) is 1.83. The van der Waals surface area contributed by atoms with Gasteiger partial charge in [0, 0.05) is 39.3 Å². The van der Waals surface area contributed by atoms with Crippen LogP contribution in [0.4, 0.5) is 10.5 Å². The van der Waals surface area contributed by atoms with E-state index in [1.807, 2.05) is 18.0 Å². The number of para-hydroxylation sites is 1. The van der Waals surface area contributed by atoms with Crippen molar-refractivity contribution in [3.8, 4) is 0 Å². The van der Waals surface area contributed by atoms with E-state index >= 15 is 0 Å². The van der Waals surface area contributed by atoms with Crippen molar-refractivity contribution in [1.82, 2.24) is 9.80 Å². The van der Waals surface area contributed by atoms with Crippen LogP contribution in [0.1, 0.15) is 38.3 Å². The minimum absolute atomic E-state index is 0.0770. The van der Waals surface area contributed by atoms with Gasteiger partial charge in [0.1, 0.15) is 0 Å². The molecule has 0 bridgehead atoms. The molecule has 1 aromatic carbocycles. The average Bonchev–Trinajstić information content (AvgIpc) is 3.03. The quantitative estimate of drug-likeness (QED) is 0.901. The maximum Gasteiger partial charge on any atom is 0.321 e. The number of anilines is 1. The predicted molar refractivity (Wildman–Crippen MR) is 97.2 cm³/mol. The molecule has 1 heterocycles. The summed E-state index contributed by atoms with van der Waals surface area (Å²) in [6, 6.07) is 6.10. The molecule has 5 nitrogen and oxygen atoms in total. The Labute approximate surface area is 145 Å². The molecule has 3 amide bonds. The number of nitrogens with one attached hydrogen (secondary N) is 1. The molecule has 1 aliphatic rings. The van der Waals surface area contributed by atoms with Gasteiger partial charge in [-0.2, -0.15) is 0 Å². The number of aryl methyl sites for hydroxylation is 2. The van der Waals surface area contributed by atoms with E-state index in [1.165, 1.54) is 11.1 Å². The Kier molecular flexibility index (Phi) is 6.23. The zero-order valence-electron chi connectivity index (χ0n) is 15.3. The second-order valence-electron chi connectivity index (χ2n) is 6.59. The first-order chi connectivity index (χ1) is 11.5. The minimum Gasteiger partial charge on any atom is -0.343 e. The summed E-state index contributed by atoms with van der Waals surface area (Å²) < 4.78 is 0. The Morgan fingerprint density at radius 3 is 2.38 bits per heavy atom. The monoisotopic (exact) mass is 331 g/mol. The third-order valence-electron chi connectivity index (χ3n) is 4.84. The molecule has 1 aliphatic heterocycles. The summed E-state index contributed by atoms with van der Waals surface area (Å²) in [5, 5.41) is 3.10. The molecule has 1 fully saturated rings. The third-order valence-corrected chi connectivity index (χ3v) is 4.84. The van der Waals surface area contributed by atoms with Crippen LogP contribution in [0.2, 0.25) is 0 Å². The van der Waals surface area contributed by atoms with Crippen LogP contribution >= 0.6 is 0 Å². The van der Waals surface area contributed by atoms with Crippen LogP contribution < -0.4 is 5.32 Å². The van der Waals surface area contributed by atoms with E-state index in [0.717, 1.165) is 38.0 Å². The number of carbonyl (C=O) groups is 2. The normalized spacial score (nSPS) is 17.0. The Bertz CT molecular complexity index is 578. The summed E-state index contributed by atoms with van der Waals surface area (Å²) >= 11 is 0. The van der Waals surface area contributed by atoms with Crippen molar-refractivity contribution in [3.05, 3.63) is 29.3 Å². The topological polar surface area (TPSA) is 52.7 Å². The second kappa shape index (κ2) is 8.18. The molecule has 132 valence electrons. The molecule has 0 radical (unpaired) electrons. The lowest BCUT2D eigenvalue weighted by molar-refractivity contribution is -0.127. The molecular weight excluding hydrogens is 302 g/mol. The minimum atomic E-state index is -0.0770. The van der Waals surface area contributed by atoms with Gasteiger partial charge in [-0.25, -0.2) is 4.79 Å². The van der Waals surface area contributed by atoms with E-state index in [1.54, 1.807) is 11.8 Å². The first kappa shape index (κ1) is 18.3. The molecule has 2 rings (SSSR count). The fourth-order valence-corrected chi connectivity index (χ4v) is 3.34. The smallest absolute Gasteiger partial charge is 0.321 e. The van der Waals surface area contributed by atoms with E-state index in [0.29, 0.717) is 12.5 Å². The Morgan fingerprint density at radius 1 is 1.25 bits per heavy atom. The van der Waals surface area contributed by atoms with Crippen LogP contribution in [0.25, 0.3) is 0 Å². The highest BCUT2D eigenvalue weighted by Crippen LogP contribution is 2.23. The van der Waals surface area contributed by atoms with Crippen molar-refractivity contribution in [2.45, 2.75) is 40.0 Å². The van der Waals surface area contributed by atoms with E-state index in [-0.39, 0.29) is 11.9 Å². The van der Waals surface area contributed by atoms with Crippen LogP contribution in [-0.2, 0) is 17.6 Å². The van der Waals surface area contributed by atoms with Crippen molar-refractivity contribution in [2.24, 2.45) is 5.92 Å². The molecular formula is C19H29N3O2. The molecule has 0 aromatic heterocycles. The Morgan fingerprint density at radius 2 is 1.88 bits per heavy atom. The lowest BCUT2D eigenvalue weighted by Gasteiger charge is -2.23. The molecule has 1 N–H and O–H groups in total.